The third-order valence-electron chi connectivity index (χ3n) is 5.46. The Morgan fingerprint density at radius 1 is 0.935 bits per heavy atom. The number of aromatic nitrogens is 1. The van der Waals surface area contributed by atoms with E-state index in [1.165, 1.54) is 18.2 Å². The second-order valence-electron chi connectivity index (χ2n) is 7.24. The van der Waals surface area contributed by atoms with Crippen molar-refractivity contribution in [3.05, 3.63) is 81.0 Å². The highest BCUT2D eigenvalue weighted by atomic mass is 35.5. The molecular formula is C24H15Cl2NO4. The molecule has 7 heteroatoms. The number of ether oxygens (including phenoxy) is 1. The first-order chi connectivity index (χ1) is 14.9. The minimum Gasteiger partial charge on any atom is -0.497 e. The van der Waals surface area contributed by atoms with Crippen LogP contribution < -0.4 is 4.74 Å². The Labute approximate surface area is 187 Å². The number of allylic oxidation sites excluding steroid dienone is 1. The number of furan rings is 1. The van der Waals surface area contributed by atoms with Crippen LogP contribution in [-0.2, 0) is 7.05 Å². The van der Waals surface area contributed by atoms with Crippen LogP contribution >= 0.6 is 23.2 Å². The molecule has 0 radical (unpaired) electrons. The van der Waals surface area contributed by atoms with Gasteiger partial charge in [0.2, 0.25) is 0 Å². The molecule has 5 rings (SSSR count). The molecule has 0 aliphatic heterocycles. The van der Waals surface area contributed by atoms with Gasteiger partial charge in [0.25, 0.3) is 0 Å². The molecule has 0 saturated carbocycles. The Morgan fingerprint density at radius 2 is 1.55 bits per heavy atom. The summed E-state index contributed by atoms with van der Waals surface area (Å²) in [5, 5.41) is 0.468. The lowest BCUT2D eigenvalue weighted by atomic mass is 10.1. The number of Topliss-reactive ketones (excluding diaryl/α,β-unsaturated/α-hetero) is 2. The SMILES string of the molecule is COc1ccc(-c2cc3oc(C=C4C(=O)c5cc(Cl)c(Cl)cc5C4=O)cc3n2C)cc1. The van der Waals surface area contributed by atoms with Crippen molar-refractivity contribution in [1.82, 2.24) is 4.57 Å². The molecule has 2 heterocycles. The first kappa shape index (κ1) is 19.7. The van der Waals surface area contributed by atoms with Gasteiger partial charge in [-0.1, -0.05) is 23.2 Å². The van der Waals surface area contributed by atoms with Gasteiger partial charge in [0.05, 0.1) is 33.9 Å². The van der Waals surface area contributed by atoms with Gasteiger partial charge < -0.3 is 13.7 Å². The number of hydrogen-bond donors (Lipinski definition) is 0. The number of benzene rings is 2. The Hall–Kier alpha value is -3.28. The molecular weight excluding hydrogens is 437 g/mol. The van der Waals surface area contributed by atoms with Gasteiger partial charge in [0.15, 0.2) is 17.1 Å². The molecule has 0 saturated heterocycles. The average molecular weight is 452 g/mol. The number of hydrogen-bond acceptors (Lipinski definition) is 4. The van der Waals surface area contributed by atoms with E-state index in [0.29, 0.717) is 11.3 Å². The van der Waals surface area contributed by atoms with Gasteiger partial charge >= 0.3 is 0 Å². The number of ketones is 2. The molecule has 2 aromatic heterocycles. The quantitative estimate of drug-likeness (QED) is 0.274. The van der Waals surface area contributed by atoms with Crippen molar-refractivity contribution >= 4 is 51.9 Å². The summed E-state index contributed by atoms with van der Waals surface area (Å²) in [5.74, 6) is 0.421. The number of rotatable bonds is 3. The molecule has 0 unspecified atom stereocenters. The highest BCUT2D eigenvalue weighted by Crippen LogP contribution is 2.36. The van der Waals surface area contributed by atoms with Crippen LogP contribution in [0.4, 0.5) is 0 Å². The van der Waals surface area contributed by atoms with Gasteiger partial charge in [-0.05, 0) is 48.0 Å². The molecule has 1 aliphatic carbocycles. The third-order valence-corrected chi connectivity index (χ3v) is 6.18. The summed E-state index contributed by atoms with van der Waals surface area (Å²) in [6, 6.07) is 14.3. The summed E-state index contributed by atoms with van der Waals surface area (Å²) in [6.07, 6.45) is 1.47. The Morgan fingerprint density at radius 3 is 2.10 bits per heavy atom. The van der Waals surface area contributed by atoms with Crippen molar-refractivity contribution in [2.75, 3.05) is 7.11 Å². The van der Waals surface area contributed by atoms with Gasteiger partial charge in [-0.15, -0.1) is 0 Å². The van der Waals surface area contributed by atoms with E-state index >= 15 is 0 Å². The van der Waals surface area contributed by atoms with Crippen LogP contribution in [0.3, 0.4) is 0 Å². The zero-order chi connectivity index (χ0) is 21.9. The predicted octanol–water partition coefficient (Wildman–Crippen LogP) is 6.22. The summed E-state index contributed by atoms with van der Waals surface area (Å²) in [5.41, 5.74) is 4.02. The van der Waals surface area contributed by atoms with Crippen molar-refractivity contribution in [2.45, 2.75) is 0 Å². The van der Waals surface area contributed by atoms with E-state index in [-0.39, 0.29) is 26.7 Å². The summed E-state index contributed by atoms with van der Waals surface area (Å²) >= 11 is 12.0. The zero-order valence-corrected chi connectivity index (χ0v) is 18.0. The van der Waals surface area contributed by atoms with Crippen LogP contribution in [0.25, 0.3) is 28.4 Å². The minimum atomic E-state index is -0.391. The van der Waals surface area contributed by atoms with E-state index in [1.807, 2.05) is 41.9 Å². The Balaban J connectivity index is 1.52. The van der Waals surface area contributed by atoms with E-state index in [2.05, 4.69) is 0 Å². The van der Waals surface area contributed by atoms with Gasteiger partial charge in [-0.25, -0.2) is 0 Å². The molecule has 1 aliphatic rings. The highest BCUT2D eigenvalue weighted by molar-refractivity contribution is 6.46. The standard InChI is InChI=1S/C24H15Cl2NO4/c1-27-20(12-3-5-13(30-2)6-4-12)11-22-21(27)8-14(31-22)7-17-23(28)15-9-18(25)19(26)10-16(15)24(17)29/h3-11H,1-2H3. The summed E-state index contributed by atoms with van der Waals surface area (Å²) < 4.78 is 13.1. The predicted molar refractivity (Wildman–Crippen MR) is 120 cm³/mol. The van der Waals surface area contributed by atoms with Gasteiger partial charge in [0, 0.05) is 30.3 Å². The van der Waals surface area contributed by atoms with E-state index in [0.717, 1.165) is 22.5 Å². The number of nitrogens with zero attached hydrogens (tertiary/aromatic N) is 1. The topological polar surface area (TPSA) is 61.4 Å². The second kappa shape index (κ2) is 7.15. The van der Waals surface area contributed by atoms with E-state index in [4.69, 9.17) is 32.4 Å². The van der Waals surface area contributed by atoms with Crippen LogP contribution in [0.5, 0.6) is 5.75 Å². The van der Waals surface area contributed by atoms with Gasteiger partial charge in [0.1, 0.15) is 11.5 Å². The number of methoxy groups -OCH3 is 1. The summed E-state index contributed by atoms with van der Waals surface area (Å²) in [6.45, 7) is 0. The molecule has 0 bridgehead atoms. The normalized spacial score (nSPS) is 13.2. The van der Waals surface area contributed by atoms with Crippen molar-refractivity contribution in [1.29, 1.82) is 0 Å². The highest BCUT2D eigenvalue weighted by Gasteiger charge is 2.34. The molecule has 0 fully saturated rings. The fourth-order valence-electron chi connectivity index (χ4n) is 3.83. The largest absolute Gasteiger partial charge is 0.497 e. The van der Waals surface area contributed by atoms with Crippen molar-refractivity contribution in [2.24, 2.45) is 7.05 Å². The van der Waals surface area contributed by atoms with Crippen LogP contribution in [-0.4, -0.2) is 23.2 Å². The zero-order valence-electron chi connectivity index (χ0n) is 16.5. The molecule has 2 aromatic carbocycles. The second-order valence-corrected chi connectivity index (χ2v) is 8.06. The molecule has 0 spiro atoms. The lowest BCUT2D eigenvalue weighted by Crippen LogP contribution is -1.99. The van der Waals surface area contributed by atoms with Crippen molar-refractivity contribution in [3.63, 3.8) is 0 Å². The van der Waals surface area contributed by atoms with E-state index in [1.54, 1.807) is 13.2 Å². The maximum Gasteiger partial charge on any atom is 0.197 e. The molecule has 4 aromatic rings. The van der Waals surface area contributed by atoms with Crippen molar-refractivity contribution < 1.29 is 18.7 Å². The van der Waals surface area contributed by atoms with Crippen molar-refractivity contribution in [3.8, 4) is 17.0 Å². The Kier molecular flexibility index (Phi) is 4.54. The summed E-state index contributed by atoms with van der Waals surface area (Å²) in [4.78, 5) is 25.5. The molecule has 0 atom stereocenters. The Bertz CT molecular complexity index is 1380. The molecule has 0 amide bonds. The first-order valence-corrected chi connectivity index (χ1v) is 10.2. The average Bonchev–Trinajstić information content (AvgIpc) is 3.37. The van der Waals surface area contributed by atoms with Gasteiger partial charge in [-0.3, -0.25) is 9.59 Å². The maximum atomic E-state index is 12.7. The number of halogens is 2. The first-order valence-electron chi connectivity index (χ1n) is 9.41. The number of carbonyl (C=O) groups is 2. The lowest BCUT2D eigenvalue weighted by molar-refractivity contribution is 0.0990. The van der Waals surface area contributed by atoms with Crippen LogP contribution in [0.15, 0.2) is 58.5 Å². The van der Waals surface area contributed by atoms with Crippen LogP contribution in [0, 0.1) is 0 Å². The van der Waals surface area contributed by atoms with Crippen LogP contribution in [0.1, 0.15) is 26.5 Å². The minimum absolute atomic E-state index is 0.0303. The monoisotopic (exact) mass is 451 g/mol. The fraction of sp³-hybridized carbons (Fsp3) is 0.0833. The van der Waals surface area contributed by atoms with Crippen LogP contribution in [0.2, 0.25) is 10.0 Å². The van der Waals surface area contributed by atoms with Gasteiger partial charge in [-0.2, -0.15) is 0 Å². The summed E-state index contributed by atoms with van der Waals surface area (Å²) in [7, 11) is 3.56. The van der Waals surface area contributed by atoms with E-state index < -0.39 is 11.6 Å². The molecule has 154 valence electrons. The maximum absolute atomic E-state index is 12.7. The number of aryl methyl sites for hydroxylation is 1. The smallest absolute Gasteiger partial charge is 0.197 e. The van der Waals surface area contributed by atoms with E-state index in [9.17, 15) is 9.59 Å². The molecule has 0 N–H and O–H groups in total. The lowest BCUT2D eigenvalue weighted by Gasteiger charge is -2.05. The molecule has 31 heavy (non-hydrogen) atoms. The third kappa shape index (κ3) is 3.09. The molecule has 5 nitrogen and oxygen atoms in total. The fourth-order valence-corrected chi connectivity index (χ4v) is 4.16. The number of fused-ring (bicyclic) bond motifs is 2. The number of carbonyl (C=O) groups excluding carboxylic acids is 2.